The summed E-state index contributed by atoms with van der Waals surface area (Å²) in [6.45, 7) is 5.77. The third-order valence-corrected chi connectivity index (χ3v) is 6.61. The molecule has 9 heteroatoms. The van der Waals surface area contributed by atoms with Gasteiger partial charge in [-0.05, 0) is 30.7 Å². The first-order valence-corrected chi connectivity index (χ1v) is 11.2. The molecule has 1 amide bonds. The topological polar surface area (TPSA) is 108 Å². The number of piperidine rings is 1. The van der Waals surface area contributed by atoms with Crippen molar-refractivity contribution in [1.29, 1.82) is 0 Å². The highest BCUT2D eigenvalue weighted by Crippen LogP contribution is 2.35. The third kappa shape index (κ3) is 4.16. The molecule has 0 saturated carbocycles. The lowest BCUT2D eigenvalue weighted by molar-refractivity contribution is -0.131. The molecule has 0 unspecified atom stereocenters. The Balaban J connectivity index is 1.42. The molecule has 2 atom stereocenters. The molecule has 1 saturated heterocycles. The number of fused-ring (bicyclic) bond motifs is 4. The lowest BCUT2D eigenvalue weighted by Gasteiger charge is -2.42. The van der Waals surface area contributed by atoms with Crippen LogP contribution in [0.4, 0.5) is 0 Å². The lowest BCUT2D eigenvalue weighted by atomic mass is 9.83. The molecule has 0 aliphatic carbocycles. The van der Waals surface area contributed by atoms with E-state index in [1.54, 1.807) is 12.1 Å². The summed E-state index contributed by atoms with van der Waals surface area (Å²) in [5.74, 6) is 0.484. The number of carbonyl (C=O) groups excluding carboxylic acids is 1. The fraction of sp³-hybridized carbons (Fsp3) is 0.524. The smallest absolute Gasteiger partial charge is 0.258 e. The third-order valence-electron chi connectivity index (χ3n) is 5.75. The summed E-state index contributed by atoms with van der Waals surface area (Å²) in [6, 6.07) is 5.34. The number of thioether (sulfide) groups is 1. The average Bonchev–Trinajstić information content (AvgIpc) is 2.69. The van der Waals surface area contributed by atoms with Crippen molar-refractivity contribution in [2.24, 2.45) is 11.8 Å². The first-order valence-electron chi connectivity index (χ1n) is 10.2. The molecule has 160 valence electrons. The summed E-state index contributed by atoms with van der Waals surface area (Å²) in [5, 5.41) is 10.3. The molecule has 2 N–H and O–H groups in total. The van der Waals surface area contributed by atoms with Crippen molar-refractivity contribution in [1.82, 2.24) is 19.4 Å². The predicted molar refractivity (Wildman–Crippen MR) is 114 cm³/mol. The van der Waals surface area contributed by atoms with Crippen molar-refractivity contribution in [2.75, 3.05) is 18.8 Å². The number of likely N-dealkylation sites (tertiary alicyclic amines) is 1. The number of H-pyrrole nitrogens is 1. The highest BCUT2D eigenvalue weighted by atomic mass is 32.2. The highest BCUT2D eigenvalue weighted by molar-refractivity contribution is 7.99. The minimum absolute atomic E-state index is 0.0216. The van der Waals surface area contributed by atoms with Crippen LogP contribution in [0.5, 0.6) is 5.88 Å². The van der Waals surface area contributed by atoms with Crippen LogP contribution in [-0.2, 0) is 17.8 Å². The van der Waals surface area contributed by atoms with Crippen LogP contribution in [0.25, 0.3) is 0 Å². The summed E-state index contributed by atoms with van der Waals surface area (Å²) < 4.78 is 1.84. The Bertz CT molecular complexity index is 1080. The van der Waals surface area contributed by atoms with Crippen LogP contribution >= 0.6 is 11.8 Å². The Morgan fingerprint density at radius 2 is 2.10 bits per heavy atom. The van der Waals surface area contributed by atoms with E-state index in [2.05, 4.69) is 9.97 Å². The molecule has 1 fully saturated rings. The molecule has 4 heterocycles. The molecule has 30 heavy (non-hydrogen) atoms. The van der Waals surface area contributed by atoms with Gasteiger partial charge in [-0.15, -0.1) is 0 Å². The fourth-order valence-electron chi connectivity index (χ4n) is 4.45. The zero-order valence-electron chi connectivity index (χ0n) is 17.1. The summed E-state index contributed by atoms with van der Waals surface area (Å²) in [6.07, 6.45) is 1.43. The largest absolute Gasteiger partial charge is 0.493 e. The van der Waals surface area contributed by atoms with Gasteiger partial charge in [0.25, 0.3) is 11.1 Å². The number of hydrogen-bond acceptors (Lipinski definition) is 6. The second kappa shape index (κ2) is 8.29. The Morgan fingerprint density at radius 1 is 1.30 bits per heavy atom. The summed E-state index contributed by atoms with van der Waals surface area (Å²) >= 11 is 1.12. The normalized spacial score (nSPS) is 20.3. The van der Waals surface area contributed by atoms with Crippen LogP contribution in [0.2, 0.25) is 0 Å². The van der Waals surface area contributed by atoms with E-state index in [-0.39, 0.29) is 57.1 Å². The molecule has 0 radical (unpaired) electrons. The second-order valence-corrected chi connectivity index (χ2v) is 9.52. The van der Waals surface area contributed by atoms with Gasteiger partial charge in [0, 0.05) is 37.3 Å². The fourth-order valence-corrected chi connectivity index (χ4v) is 5.21. The van der Waals surface area contributed by atoms with E-state index in [0.717, 1.165) is 23.9 Å². The van der Waals surface area contributed by atoms with Crippen molar-refractivity contribution in [3.63, 3.8) is 0 Å². The van der Waals surface area contributed by atoms with E-state index in [4.69, 9.17) is 0 Å². The number of nitrogens with one attached hydrogen (secondary N) is 1. The number of aromatic amines is 1. The molecule has 8 nitrogen and oxygen atoms in total. The minimum Gasteiger partial charge on any atom is -0.493 e. The van der Waals surface area contributed by atoms with Gasteiger partial charge < -0.3 is 19.6 Å². The second-order valence-electron chi connectivity index (χ2n) is 8.56. The van der Waals surface area contributed by atoms with Crippen LogP contribution < -0.4 is 11.1 Å². The molecule has 2 aromatic rings. The maximum Gasteiger partial charge on any atom is 0.258 e. The van der Waals surface area contributed by atoms with Crippen molar-refractivity contribution < 1.29 is 9.90 Å². The average molecular weight is 431 g/mol. The molecule has 2 aromatic heterocycles. The van der Waals surface area contributed by atoms with Crippen LogP contribution in [0, 0.1) is 11.8 Å². The predicted octanol–water partition coefficient (Wildman–Crippen LogP) is 1.57. The van der Waals surface area contributed by atoms with Crippen molar-refractivity contribution >= 4 is 17.7 Å². The van der Waals surface area contributed by atoms with Crippen LogP contribution in [0.3, 0.4) is 0 Å². The van der Waals surface area contributed by atoms with Gasteiger partial charge in [0.15, 0.2) is 5.16 Å². The zero-order valence-corrected chi connectivity index (χ0v) is 17.9. The van der Waals surface area contributed by atoms with Gasteiger partial charge in [0.1, 0.15) is 0 Å². The number of hydrogen-bond donors (Lipinski definition) is 2. The number of amides is 1. The highest BCUT2D eigenvalue weighted by Gasteiger charge is 2.36. The van der Waals surface area contributed by atoms with E-state index in [1.165, 1.54) is 0 Å². The number of aromatic hydroxyl groups is 1. The zero-order chi connectivity index (χ0) is 21.4. The van der Waals surface area contributed by atoms with E-state index < -0.39 is 0 Å². The maximum atomic E-state index is 12.8. The van der Waals surface area contributed by atoms with Crippen LogP contribution in [0.1, 0.15) is 37.4 Å². The van der Waals surface area contributed by atoms with Gasteiger partial charge in [0.2, 0.25) is 11.8 Å². The van der Waals surface area contributed by atoms with Crippen LogP contribution in [0.15, 0.2) is 32.9 Å². The molecule has 2 aliphatic heterocycles. The number of aromatic nitrogens is 3. The summed E-state index contributed by atoms with van der Waals surface area (Å²) in [4.78, 5) is 45.7. The SMILES string of the molecule is CC(C)Cc1c(O)nc(SCC(=O)N2C[C@H]3C[C@@H](C2)c2cccc(=O)n2C3)[nH]c1=O. The lowest BCUT2D eigenvalue weighted by Crippen LogP contribution is -2.49. The van der Waals surface area contributed by atoms with Gasteiger partial charge in [-0.3, -0.25) is 14.4 Å². The molecule has 2 aliphatic rings. The Hall–Kier alpha value is -2.55. The monoisotopic (exact) mass is 430 g/mol. The molecule has 4 rings (SSSR count). The van der Waals surface area contributed by atoms with E-state index >= 15 is 0 Å². The number of rotatable bonds is 5. The Labute approximate surface area is 178 Å². The van der Waals surface area contributed by atoms with Gasteiger partial charge in [-0.1, -0.05) is 31.7 Å². The van der Waals surface area contributed by atoms with E-state index in [9.17, 15) is 19.5 Å². The molecular weight excluding hydrogens is 404 g/mol. The Morgan fingerprint density at radius 3 is 2.83 bits per heavy atom. The quantitative estimate of drug-likeness (QED) is 0.551. The Kier molecular flexibility index (Phi) is 5.73. The van der Waals surface area contributed by atoms with E-state index in [1.807, 2.05) is 29.4 Å². The number of pyridine rings is 1. The molecule has 0 spiro atoms. The molecular formula is C21H26N4O4S. The van der Waals surface area contributed by atoms with Crippen molar-refractivity contribution in [2.45, 2.75) is 44.3 Å². The van der Waals surface area contributed by atoms with Gasteiger partial charge in [-0.2, -0.15) is 4.98 Å². The van der Waals surface area contributed by atoms with Gasteiger partial charge in [-0.25, -0.2) is 0 Å². The van der Waals surface area contributed by atoms with Crippen molar-refractivity contribution in [3.8, 4) is 5.88 Å². The first-order chi connectivity index (χ1) is 14.3. The maximum absolute atomic E-state index is 12.8. The van der Waals surface area contributed by atoms with Crippen LogP contribution in [-0.4, -0.2) is 49.3 Å². The summed E-state index contributed by atoms with van der Waals surface area (Å²) in [7, 11) is 0. The van der Waals surface area contributed by atoms with Gasteiger partial charge >= 0.3 is 0 Å². The first kappa shape index (κ1) is 20.7. The minimum atomic E-state index is -0.360. The molecule has 0 aromatic carbocycles. The van der Waals surface area contributed by atoms with E-state index in [0.29, 0.717) is 26.1 Å². The number of carbonyl (C=O) groups is 1. The van der Waals surface area contributed by atoms with Crippen molar-refractivity contribution in [3.05, 3.63) is 50.2 Å². The molecule has 2 bridgehead atoms. The standard InChI is InChI=1S/C21H26N4O4S/c1-12(2)6-15-19(28)22-21(23-20(15)29)30-11-18(27)24-8-13-7-14(10-24)16-4-3-5-17(26)25(16)9-13/h3-5,12-14H,6-11H2,1-2H3,(H2,22,23,28,29)/t13-,14+/m1/s1. The summed E-state index contributed by atoms with van der Waals surface area (Å²) in [5.41, 5.74) is 0.938. The number of nitrogens with zero attached hydrogens (tertiary/aromatic N) is 3. The van der Waals surface area contributed by atoms with Gasteiger partial charge in [0.05, 0.1) is 11.3 Å².